The predicted molar refractivity (Wildman–Crippen MR) is 140 cm³/mol. The number of likely N-dealkylation sites (N-methyl/N-ethyl adjacent to an activating group) is 1. The van der Waals surface area contributed by atoms with Crippen LogP contribution >= 0.6 is 23.2 Å². The van der Waals surface area contributed by atoms with Crippen LogP contribution in [0.3, 0.4) is 0 Å². The van der Waals surface area contributed by atoms with Crippen molar-refractivity contribution in [1.29, 1.82) is 0 Å². The predicted octanol–water partition coefficient (Wildman–Crippen LogP) is 4.66. The Labute approximate surface area is 220 Å². The van der Waals surface area contributed by atoms with Gasteiger partial charge in [-0.1, -0.05) is 28.4 Å². The first-order valence-corrected chi connectivity index (χ1v) is 12.7. The number of aryl methyl sites for hydroxylation is 2. The van der Waals surface area contributed by atoms with Gasteiger partial charge in [-0.25, -0.2) is 9.97 Å². The molecule has 0 saturated carbocycles. The molecule has 0 aliphatic carbocycles. The van der Waals surface area contributed by atoms with E-state index in [9.17, 15) is 5.11 Å². The Hall–Kier alpha value is -2.43. The number of nitrogens with zero attached hydrogens (tertiary/aromatic N) is 3. The largest absolute Gasteiger partial charge is 0.491 e. The average Bonchev–Trinajstić information content (AvgIpc) is 3.18. The Kier molecular flexibility index (Phi) is 8.69. The van der Waals surface area contributed by atoms with Gasteiger partial charge in [0.05, 0.1) is 22.4 Å². The van der Waals surface area contributed by atoms with Crippen molar-refractivity contribution in [2.75, 3.05) is 32.1 Å². The fourth-order valence-electron chi connectivity index (χ4n) is 4.22. The Morgan fingerprint density at radius 1 is 1.25 bits per heavy atom. The lowest BCUT2D eigenvalue weighted by Crippen LogP contribution is -2.33. The third-order valence-corrected chi connectivity index (χ3v) is 6.70. The molecule has 194 valence electrons. The molecular weight excluding hydrogens is 505 g/mol. The highest BCUT2D eigenvalue weighted by atomic mass is 35.5. The molecule has 0 unspecified atom stereocenters. The quantitative estimate of drug-likeness (QED) is 0.359. The molecule has 36 heavy (non-hydrogen) atoms. The lowest BCUT2D eigenvalue weighted by molar-refractivity contribution is 0.0232. The normalized spacial score (nSPS) is 18.8. The molecule has 4 rings (SSSR count). The first-order valence-electron chi connectivity index (χ1n) is 11.9. The number of nitrogens with one attached hydrogen (secondary N) is 2. The van der Waals surface area contributed by atoms with Crippen LogP contribution in [-0.4, -0.2) is 65.3 Å². The SMILES string of the molecule is CNC[C@@H](O)COc1ccc(Cl)c(-c2nc(N[C@H]3CCO[C@@H](C)C3)c(Cl)c(-c3c(C)noc3C)n2)c1. The maximum Gasteiger partial charge on any atom is 0.163 e. The smallest absolute Gasteiger partial charge is 0.163 e. The van der Waals surface area contributed by atoms with Gasteiger partial charge < -0.3 is 29.7 Å². The molecule has 3 aromatic rings. The first-order chi connectivity index (χ1) is 17.3. The van der Waals surface area contributed by atoms with Crippen LogP contribution in [0, 0.1) is 13.8 Å². The summed E-state index contributed by atoms with van der Waals surface area (Å²) in [5.41, 5.74) is 2.47. The minimum atomic E-state index is -0.648. The highest BCUT2D eigenvalue weighted by Gasteiger charge is 2.25. The average molecular weight is 536 g/mol. The molecule has 1 aliphatic rings. The number of ether oxygens (including phenoxy) is 2. The van der Waals surface area contributed by atoms with Crippen LogP contribution in [0.25, 0.3) is 22.6 Å². The molecule has 11 heteroatoms. The van der Waals surface area contributed by atoms with Gasteiger partial charge in [-0.05, 0) is 58.9 Å². The zero-order valence-corrected chi connectivity index (χ0v) is 22.3. The molecule has 3 atom stereocenters. The molecule has 0 radical (unpaired) electrons. The summed E-state index contributed by atoms with van der Waals surface area (Å²) in [5.74, 6) is 2.02. The summed E-state index contributed by atoms with van der Waals surface area (Å²) in [7, 11) is 1.77. The third kappa shape index (κ3) is 6.10. The fraction of sp³-hybridized carbons (Fsp3) is 0.480. The molecule has 0 spiro atoms. The summed E-state index contributed by atoms with van der Waals surface area (Å²) in [5, 5.41) is 21.3. The van der Waals surface area contributed by atoms with E-state index >= 15 is 0 Å². The van der Waals surface area contributed by atoms with Crippen molar-refractivity contribution in [2.45, 2.75) is 51.9 Å². The van der Waals surface area contributed by atoms with Crippen LogP contribution in [0.15, 0.2) is 22.7 Å². The number of halogens is 2. The summed E-state index contributed by atoms with van der Waals surface area (Å²) in [6.07, 6.45) is 1.15. The molecule has 1 fully saturated rings. The van der Waals surface area contributed by atoms with Crippen molar-refractivity contribution in [2.24, 2.45) is 0 Å². The topological polar surface area (TPSA) is 115 Å². The van der Waals surface area contributed by atoms with Gasteiger partial charge >= 0.3 is 0 Å². The monoisotopic (exact) mass is 535 g/mol. The maximum atomic E-state index is 10.0. The number of aliphatic hydroxyl groups excluding tert-OH is 1. The van der Waals surface area contributed by atoms with Crippen molar-refractivity contribution in [3.8, 4) is 28.4 Å². The van der Waals surface area contributed by atoms with E-state index in [1.165, 1.54) is 0 Å². The van der Waals surface area contributed by atoms with E-state index in [0.717, 1.165) is 12.8 Å². The zero-order valence-electron chi connectivity index (χ0n) is 20.8. The molecule has 1 aliphatic heterocycles. The molecule has 9 nitrogen and oxygen atoms in total. The number of hydrogen-bond donors (Lipinski definition) is 3. The lowest BCUT2D eigenvalue weighted by Gasteiger charge is -2.29. The van der Waals surface area contributed by atoms with Crippen molar-refractivity contribution >= 4 is 29.0 Å². The van der Waals surface area contributed by atoms with Gasteiger partial charge in [-0.3, -0.25) is 0 Å². The van der Waals surface area contributed by atoms with Gasteiger partial charge in [0.1, 0.15) is 40.8 Å². The minimum absolute atomic E-state index is 0.127. The second kappa shape index (κ2) is 11.7. The van der Waals surface area contributed by atoms with E-state index < -0.39 is 6.10 Å². The maximum absolute atomic E-state index is 10.0. The van der Waals surface area contributed by atoms with Crippen molar-refractivity contribution in [1.82, 2.24) is 20.4 Å². The van der Waals surface area contributed by atoms with E-state index in [4.69, 9.17) is 47.2 Å². The van der Waals surface area contributed by atoms with Gasteiger partial charge in [0, 0.05) is 24.8 Å². The molecule has 3 heterocycles. The van der Waals surface area contributed by atoms with Crippen molar-refractivity contribution in [3.05, 3.63) is 39.7 Å². The number of benzene rings is 1. The van der Waals surface area contributed by atoms with Gasteiger partial charge in [0.2, 0.25) is 0 Å². The van der Waals surface area contributed by atoms with E-state index in [0.29, 0.717) is 68.9 Å². The Morgan fingerprint density at radius 2 is 2.06 bits per heavy atom. The third-order valence-electron chi connectivity index (χ3n) is 6.01. The van der Waals surface area contributed by atoms with Crippen LogP contribution in [0.1, 0.15) is 31.2 Å². The van der Waals surface area contributed by atoms with Gasteiger partial charge in [0.25, 0.3) is 0 Å². The number of aromatic nitrogens is 3. The van der Waals surface area contributed by atoms with Crippen LogP contribution in [-0.2, 0) is 4.74 Å². The van der Waals surface area contributed by atoms with Crippen LogP contribution in [0.2, 0.25) is 10.0 Å². The Balaban J connectivity index is 1.76. The highest BCUT2D eigenvalue weighted by molar-refractivity contribution is 6.35. The molecule has 0 bridgehead atoms. The summed E-state index contributed by atoms with van der Waals surface area (Å²) < 4.78 is 16.9. The molecule has 3 N–H and O–H groups in total. The molecule has 1 aromatic carbocycles. The van der Waals surface area contributed by atoms with E-state index in [1.807, 2.05) is 13.8 Å². The molecule has 0 amide bonds. The number of anilines is 1. The summed E-state index contributed by atoms with van der Waals surface area (Å²) in [6.45, 7) is 6.92. The number of hydrogen-bond acceptors (Lipinski definition) is 9. The zero-order chi connectivity index (χ0) is 25.8. The second-order valence-corrected chi connectivity index (χ2v) is 9.75. The molecular formula is C25H31Cl2N5O4. The summed E-state index contributed by atoms with van der Waals surface area (Å²) in [6, 6.07) is 5.36. The van der Waals surface area contributed by atoms with Crippen molar-refractivity contribution in [3.63, 3.8) is 0 Å². The number of aliphatic hydroxyl groups is 1. The Morgan fingerprint density at radius 3 is 2.75 bits per heavy atom. The van der Waals surface area contributed by atoms with Gasteiger partial charge in [0.15, 0.2) is 5.82 Å². The van der Waals surface area contributed by atoms with Crippen LogP contribution in [0.4, 0.5) is 5.82 Å². The number of rotatable bonds is 9. The van der Waals surface area contributed by atoms with Crippen LogP contribution < -0.4 is 15.4 Å². The van der Waals surface area contributed by atoms with Gasteiger partial charge in [-0.2, -0.15) is 0 Å². The molecule has 1 saturated heterocycles. The van der Waals surface area contributed by atoms with Gasteiger partial charge in [-0.15, -0.1) is 0 Å². The highest BCUT2D eigenvalue weighted by Crippen LogP contribution is 2.39. The molecule has 2 aromatic heterocycles. The Bertz CT molecular complexity index is 1190. The first kappa shape index (κ1) is 26.6. The summed E-state index contributed by atoms with van der Waals surface area (Å²) in [4.78, 5) is 9.57. The van der Waals surface area contributed by atoms with E-state index in [-0.39, 0.29) is 18.8 Å². The van der Waals surface area contributed by atoms with E-state index in [2.05, 4.69) is 22.7 Å². The summed E-state index contributed by atoms with van der Waals surface area (Å²) >= 11 is 13.5. The lowest BCUT2D eigenvalue weighted by atomic mass is 10.0. The van der Waals surface area contributed by atoms with Crippen LogP contribution in [0.5, 0.6) is 5.75 Å². The van der Waals surface area contributed by atoms with Crippen molar-refractivity contribution < 1.29 is 19.1 Å². The second-order valence-electron chi connectivity index (χ2n) is 8.97. The van der Waals surface area contributed by atoms with E-state index in [1.54, 1.807) is 25.2 Å². The fourth-order valence-corrected chi connectivity index (χ4v) is 4.66. The standard InChI is InChI=1S/C25H31Cl2N5O4/c1-13-9-16(7-8-34-13)29-25-22(27)23(21-14(2)32-36-15(21)3)30-24(31-25)19-10-18(5-6-20(19)26)35-12-17(33)11-28-4/h5-6,10,13,16-17,28,33H,7-9,11-12H2,1-4H3,(H,29,30,31)/t13-,16-,17+/m0/s1. The minimum Gasteiger partial charge on any atom is -0.491 e.